The fourth-order valence-electron chi connectivity index (χ4n) is 9.58. The summed E-state index contributed by atoms with van der Waals surface area (Å²) < 4.78 is 34.5. The summed E-state index contributed by atoms with van der Waals surface area (Å²) >= 11 is 0. The zero-order valence-electron chi connectivity index (χ0n) is 30.6. The number of ketones is 2. The standard InChI is InChI=1S/C39H48FNO12/c1-5-6-7-35(47)53-39(32(44)23-51-34(46)15-14-33(45)50-21-25-8-10-26(11-9-25)22-52-41(48)49)24(2)18-30-29-13-12-27-19-28(42)16-17-36(27,3)38(29,40)31(43)20-37(30,39)4/h8-11,16-17,19,24,29-31,43H,5-7,12-15,18,20-23H2,1-4H3/t24-,29?,30?,31-,36-,37-,38-,39-/m0/s1. The fourth-order valence-corrected chi connectivity index (χ4v) is 9.58. The second-order valence-electron chi connectivity index (χ2n) is 15.3. The third kappa shape index (κ3) is 7.26. The molecule has 0 bridgehead atoms. The van der Waals surface area contributed by atoms with Gasteiger partial charge in [-0.05, 0) is 68.2 Å². The van der Waals surface area contributed by atoms with Crippen LogP contribution in [-0.2, 0) is 56.2 Å². The maximum absolute atomic E-state index is 17.7. The van der Waals surface area contributed by atoms with Crippen LogP contribution in [-0.4, -0.2) is 63.6 Å². The highest BCUT2D eigenvalue weighted by molar-refractivity contribution is 6.01. The molecule has 4 aliphatic carbocycles. The van der Waals surface area contributed by atoms with E-state index in [1.165, 1.54) is 12.2 Å². The number of nitrogens with zero attached hydrogens (tertiary/aromatic N) is 1. The van der Waals surface area contributed by atoms with Gasteiger partial charge in [0, 0.05) is 29.1 Å². The van der Waals surface area contributed by atoms with E-state index in [4.69, 9.17) is 14.2 Å². The van der Waals surface area contributed by atoms with Gasteiger partial charge < -0.3 is 24.2 Å². The second-order valence-corrected chi connectivity index (χ2v) is 15.3. The number of benzene rings is 1. The fraction of sp³-hybridized carbons (Fsp3) is 0.615. The molecule has 0 heterocycles. The molecule has 5 rings (SSSR count). The van der Waals surface area contributed by atoms with Crippen LogP contribution in [0.15, 0.2) is 48.1 Å². The molecule has 288 valence electrons. The third-order valence-electron chi connectivity index (χ3n) is 12.3. The summed E-state index contributed by atoms with van der Waals surface area (Å²) in [5, 5.41) is 21.3. The van der Waals surface area contributed by atoms with Gasteiger partial charge in [-0.25, -0.2) is 4.39 Å². The molecule has 4 aliphatic rings. The molecule has 3 saturated carbocycles. The van der Waals surface area contributed by atoms with Gasteiger partial charge in [-0.2, -0.15) is 0 Å². The highest BCUT2D eigenvalue weighted by Crippen LogP contribution is 2.71. The average Bonchev–Trinajstić information content (AvgIpc) is 3.33. The van der Waals surface area contributed by atoms with Gasteiger partial charge in [0.1, 0.15) is 13.2 Å². The van der Waals surface area contributed by atoms with Crippen LogP contribution < -0.4 is 0 Å². The van der Waals surface area contributed by atoms with Gasteiger partial charge in [-0.1, -0.05) is 63.1 Å². The molecule has 0 spiro atoms. The van der Waals surface area contributed by atoms with Crippen molar-refractivity contribution in [2.75, 3.05) is 6.61 Å². The molecule has 14 heteroatoms. The van der Waals surface area contributed by atoms with Crippen LogP contribution in [0.5, 0.6) is 0 Å². The molecule has 0 saturated heterocycles. The molecule has 1 N–H and O–H groups in total. The van der Waals surface area contributed by atoms with E-state index in [1.54, 1.807) is 51.1 Å². The molecule has 1 aromatic carbocycles. The van der Waals surface area contributed by atoms with Crippen LogP contribution in [0.3, 0.4) is 0 Å². The van der Waals surface area contributed by atoms with E-state index in [0.717, 1.165) is 0 Å². The second kappa shape index (κ2) is 15.5. The van der Waals surface area contributed by atoms with Crippen molar-refractivity contribution in [3.8, 4) is 0 Å². The molecule has 0 radical (unpaired) electrons. The van der Waals surface area contributed by atoms with E-state index < -0.39 is 87.8 Å². The van der Waals surface area contributed by atoms with Gasteiger partial charge >= 0.3 is 17.9 Å². The maximum atomic E-state index is 17.7. The van der Waals surface area contributed by atoms with Crippen molar-refractivity contribution in [2.24, 2.45) is 28.6 Å². The molecule has 3 fully saturated rings. The molecule has 13 nitrogen and oxygen atoms in total. The normalized spacial score (nSPS) is 32.7. The van der Waals surface area contributed by atoms with Gasteiger partial charge in [0.05, 0.1) is 18.9 Å². The minimum atomic E-state index is -2.15. The number of hydrogen-bond acceptors (Lipinski definition) is 12. The third-order valence-corrected chi connectivity index (χ3v) is 12.3. The smallest absolute Gasteiger partial charge is 0.306 e. The van der Waals surface area contributed by atoms with E-state index in [9.17, 15) is 39.2 Å². The van der Waals surface area contributed by atoms with Crippen LogP contribution in [0.25, 0.3) is 0 Å². The largest absolute Gasteiger partial charge is 0.461 e. The lowest BCUT2D eigenvalue weighted by molar-refractivity contribution is -0.763. The highest BCUT2D eigenvalue weighted by Gasteiger charge is 2.77. The summed E-state index contributed by atoms with van der Waals surface area (Å²) in [6.07, 6.45) is 4.18. The van der Waals surface area contributed by atoms with Gasteiger partial charge in [-0.15, -0.1) is 10.1 Å². The van der Waals surface area contributed by atoms with Crippen LogP contribution in [0.4, 0.5) is 4.39 Å². The number of carbonyl (C=O) groups excluding carboxylic acids is 5. The van der Waals surface area contributed by atoms with Crippen molar-refractivity contribution < 1.29 is 57.6 Å². The Morgan fingerprint density at radius 3 is 2.26 bits per heavy atom. The van der Waals surface area contributed by atoms with Crippen LogP contribution in [0, 0.1) is 38.7 Å². The molecule has 0 amide bonds. The topological polar surface area (TPSA) is 186 Å². The average molecular weight is 742 g/mol. The van der Waals surface area contributed by atoms with Crippen molar-refractivity contribution in [2.45, 2.75) is 116 Å². The van der Waals surface area contributed by atoms with Gasteiger partial charge in [-0.3, -0.25) is 24.0 Å². The van der Waals surface area contributed by atoms with Gasteiger partial charge in [0.15, 0.2) is 23.7 Å². The molecule has 1 aromatic rings. The zero-order chi connectivity index (χ0) is 38.8. The Balaban J connectivity index is 1.27. The number of rotatable bonds is 15. The first-order chi connectivity index (χ1) is 25.0. The number of esters is 3. The minimum Gasteiger partial charge on any atom is -0.461 e. The number of aliphatic hydroxyl groups is 1. The Morgan fingerprint density at radius 1 is 0.981 bits per heavy atom. The Morgan fingerprint density at radius 2 is 1.62 bits per heavy atom. The van der Waals surface area contributed by atoms with Crippen LogP contribution in [0.1, 0.15) is 96.6 Å². The zero-order valence-corrected chi connectivity index (χ0v) is 30.6. The predicted molar refractivity (Wildman–Crippen MR) is 184 cm³/mol. The summed E-state index contributed by atoms with van der Waals surface area (Å²) in [5.74, 6) is -4.89. The Hall–Kier alpha value is -4.46. The van der Waals surface area contributed by atoms with Gasteiger partial charge in [0.2, 0.25) is 5.78 Å². The van der Waals surface area contributed by atoms with E-state index in [-0.39, 0.29) is 38.3 Å². The first-order valence-corrected chi connectivity index (χ1v) is 18.2. The Bertz CT molecular complexity index is 1690. The van der Waals surface area contributed by atoms with Crippen molar-refractivity contribution in [3.05, 3.63) is 69.3 Å². The van der Waals surface area contributed by atoms with Crippen molar-refractivity contribution in [1.82, 2.24) is 0 Å². The molecule has 8 atom stereocenters. The maximum Gasteiger partial charge on any atom is 0.306 e. The molecule has 53 heavy (non-hydrogen) atoms. The Kier molecular flexibility index (Phi) is 11.6. The summed E-state index contributed by atoms with van der Waals surface area (Å²) in [4.78, 5) is 79.8. The van der Waals surface area contributed by atoms with Crippen LogP contribution >= 0.6 is 0 Å². The lowest BCUT2D eigenvalue weighted by atomic mass is 9.44. The number of ether oxygens (including phenoxy) is 3. The first-order valence-electron chi connectivity index (χ1n) is 18.2. The lowest BCUT2D eigenvalue weighted by Crippen LogP contribution is -2.70. The van der Waals surface area contributed by atoms with E-state index in [0.29, 0.717) is 48.8 Å². The summed E-state index contributed by atoms with van der Waals surface area (Å²) in [6.45, 7) is 6.05. The van der Waals surface area contributed by atoms with Crippen molar-refractivity contribution in [3.63, 3.8) is 0 Å². The molecule has 0 aromatic heterocycles. The summed E-state index contributed by atoms with van der Waals surface area (Å²) in [5.41, 5.74) is -4.66. The predicted octanol–water partition coefficient (Wildman–Crippen LogP) is 5.42. The van der Waals surface area contributed by atoms with Crippen LogP contribution in [0.2, 0.25) is 0 Å². The number of aliphatic hydroxyl groups excluding tert-OH is 1. The minimum absolute atomic E-state index is 0.0468. The molecular formula is C39H48FNO12. The first kappa shape index (κ1) is 39.7. The monoisotopic (exact) mass is 741 g/mol. The Labute approximate surface area is 307 Å². The molecule has 0 aliphatic heterocycles. The van der Waals surface area contributed by atoms with Crippen molar-refractivity contribution in [1.29, 1.82) is 0 Å². The van der Waals surface area contributed by atoms with Crippen molar-refractivity contribution >= 4 is 29.5 Å². The number of allylic oxidation sites excluding steroid dienone is 4. The molecular weight excluding hydrogens is 693 g/mol. The van der Waals surface area contributed by atoms with E-state index in [2.05, 4.69) is 4.84 Å². The highest BCUT2D eigenvalue weighted by atomic mass is 19.1. The number of alkyl halides is 1. The number of carbonyl (C=O) groups is 5. The SMILES string of the molecule is CCCCC(=O)O[C@]1(C(=O)COC(=O)CCC(=O)OCc2ccc(CO[N+](=O)[O-])cc2)[C@@H](C)CC2C3CCC4=CC(=O)C=C[C@]4(C)[C@@]3(F)[C@@H](O)C[C@@]21C. The number of unbranched alkanes of at least 4 members (excludes halogenated alkanes) is 1. The number of hydrogen-bond donors (Lipinski definition) is 1. The number of halogens is 1. The van der Waals surface area contributed by atoms with E-state index in [1.807, 2.05) is 6.92 Å². The quantitative estimate of drug-likeness (QED) is 0.104. The lowest BCUT2D eigenvalue weighted by Gasteiger charge is -2.62. The summed E-state index contributed by atoms with van der Waals surface area (Å²) in [7, 11) is 0. The van der Waals surface area contributed by atoms with E-state index >= 15 is 4.39 Å². The molecule has 2 unspecified atom stereocenters. The number of Topliss-reactive ketones (excluding diaryl/α,β-unsaturated/α-hetero) is 1. The summed E-state index contributed by atoms with van der Waals surface area (Å²) in [6, 6.07) is 6.40. The number of fused-ring (bicyclic) bond motifs is 5. The van der Waals surface area contributed by atoms with Gasteiger partial charge in [0.25, 0.3) is 5.09 Å².